The third kappa shape index (κ3) is 2.65. The molecule has 0 bridgehead atoms. The smallest absolute Gasteiger partial charge is 0.392 e. The maximum Gasteiger partial charge on any atom is 0.417 e. The molecule has 0 atom stereocenters. The Hall–Kier alpha value is -2.32. The van der Waals surface area contributed by atoms with Crippen molar-refractivity contribution in [2.45, 2.75) is 12.8 Å². The lowest BCUT2D eigenvalue weighted by atomic mass is 9.93. The predicted octanol–water partition coefficient (Wildman–Crippen LogP) is 3.74. The van der Waals surface area contributed by atoms with Gasteiger partial charge in [0.15, 0.2) is 0 Å². The largest absolute Gasteiger partial charge is 0.417 e. The highest BCUT2D eigenvalue weighted by Crippen LogP contribution is 2.39. The van der Waals surface area contributed by atoms with Crippen molar-refractivity contribution in [2.24, 2.45) is 0 Å². The van der Waals surface area contributed by atoms with Crippen LogP contribution in [0.5, 0.6) is 0 Å². The van der Waals surface area contributed by atoms with Crippen LogP contribution in [0.25, 0.3) is 11.1 Å². The lowest BCUT2D eigenvalue weighted by Crippen LogP contribution is -2.08. The maximum absolute atomic E-state index is 13.1. The summed E-state index contributed by atoms with van der Waals surface area (Å²) >= 11 is 0. The summed E-state index contributed by atoms with van der Waals surface area (Å²) in [6.07, 6.45) is -4.54. The first-order valence-electron chi connectivity index (χ1n) is 5.78. The molecule has 0 saturated carbocycles. The molecule has 1 N–H and O–H groups in total. The molecule has 0 aliphatic carbocycles. The number of benzene rings is 2. The Balaban J connectivity index is 2.74. The fourth-order valence-corrected chi connectivity index (χ4v) is 2.02. The molecule has 0 spiro atoms. The molecule has 2 aromatic carbocycles. The van der Waals surface area contributed by atoms with E-state index in [9.17, 15) is 13.2 Å². The van der Waals surface area contributed by atoms with E-state index in [0.29, 0.717) is 5.56 Å². The number of rotatable bonds is 2. The molecule has 0 aromatic heterocycles. The molecule has 0 fully saturated rings. The average molecular weight is 277 g/mol. The van der Waals surface area contributed by atoms with Gasteiger partial charge in [0.1, 0.15) is 0 Å². The van der Waals surface area contributed by atoms with E-state index in [1.807, 2.05) is 0 Å². The van der Waals surface area contributed by atoms with E-state index in [2.05, 4.69) is 0 Å². The minimum atomic E-state index is -4.54. The summed E-state index contributed by atoms with van der Waals surface area (Å²) in [6.45, 7) is -0.274. The Morgan fingerprint density at radius 3 is 2.40 bits per heavy atom. The average Bonchev–Trinajstić information content (AvgIpc) is 2.45. The van der Waals surface area contributed by atoms with E-state index in [-0.39, 0.29) is 23.3 Å². The van der Waals surface area contributed by atoms with Crippen molar-refractivity contribution in [1.29, 1.82) is 5.26 Å². The Morgan fingerprint density at radius 1 is 1.10 bits per heavy atom. The first-order valence-corrected chi connectivity index (χ1v) is 5.78. The van der Waals surface area contributed by atoms with Gasteiger partial charge in [0.2, 0.25) is 0 Å². The van der Waals surface area contributed by atoms with Gasteiger partial charge < -0.3 is 5.11 Å². The minimum Gasteiger partial charge on any atom is -0.392 e. The predicted molar refractivity (Wildman–Crippen MR) is 67.5 cm³/mol. The Kier molecular flexibility index (Phi) is 3.77. The van der Waals surface area contributed by atoms with Crippen LogP contribution in [0, 0.1) is 11.3 Å². The van der Waals surface area contributed by atoms with Crippen LogP contribution in [-0.2, 0) is 12.8 Å². The van der Waals surface area contributed by atoms with Crippen molar-refractivity contribution in [3.05, 3.63) is 59.2 Å². The quantitative estimate of drug-likeness (QED) is 0.908. The van der Waals surface area contributed by atoms with E-state index in [1.165, 1.54) is 24.3 Å². The van der Waals surface area contributed by atoms with Gasteiger partial charge in [0, 0.05) is 5.56 Å². The van der Waals surface area contributed by atoms with Crippen LogP contribution in [0.4, 0.5) is 13.2 Å². The van der Waals surface area contributed by atoms with Gasteiger partial charge in [0.05, 0.1) is 23.8 Å². The van der Waals surface area contributed by atoms with Gasteiger partial charge in [-0.15, -0.1) is 0 Å². The zero-order chi connectivity index (χ0) is 14.8. The van der Waals surface area contributed by atoms with E-state index >= 15 is 0 Å². The van der Waals surface area contributed by atoms with Crippen molar-refractivity contribution in [1.82, 2.24) is 0 Å². The molecule has 20 heavy (non-hydrogen) atoms. The zero-order valence-electron chi connectivity index (χ0n) is 10.3. The Bertz CT molecular complexity index is 672. The summed E-state index contributed by atoms with van der Waals surface area (Å²) in [5.74, 6) is 0. The van der Waals surface area contributed by atoms with Crippen LogP contribution >= 0.6 is 0 Å². The van der Waals surface area contributed by atoms with Gasteiger partial charge in [0.25, 0.3) is 0 Å². The Morgan fingerprint density at radius 2 is 1.80 bits per heavy atom. The van der Waals surface area contributed by atoms with Crippen molar-refractivity contribution in [2.75, 3.05) is 0 Å². The minimum absolute atomic E-state index is 0.0464. The Labute approximate surface area is 113 Å². The molecule has 2 nitrogen and oxygen atoms in total. The van der Waals surface area contributed by atoms with Crippen LogP contribution in [0.15, 0.2) is 42.5 Å². The third-order valence-corrected chi connectivity index (χ3v) is 2.89. The summed E-state index contributed by atoms with van der Waals surface area (Å²) in [6, 6.07) is 11.4. The SMILES string of the molecule is N#Cc1cccc(C(F)(F)F)c1-c1cccc(CO)c1. The molecule has 0 heterocycles. The molecular formula is C15H10F3NO. The number of halogens is 3. The number of nitriles is 1. The van der Waals surface area contributed by atoms with E-state index in [0.717, 1.165) is 6.07 Å². The number of nitrogens with zero attached hydrogens (tertiary/aromatic N) is 1. The fraction of sp³-hybridized carbons (Fsp3) is 0.133. The van der Waals surface area contributed by atoms with Crippen LogP contribution < -0.4 is 0 Å². The van der Waals surface area contributed by atoms with Gasteiger partial charge in [-0.05, 0) is 29.3 Å². The number of hydrogen-bond donors (Lipinski definition) is 1. The second-order valence-electron chi connectivity index (χ2n) is 4.20. The highest BCUT2D eigenvalue weighted by atomic mass is 19.4. The molecule has 0 saturated heterocycles. The van der Waals surface area contributed by atoms with Crippen LogP contribution in [0.3, 0.4) is 0 Å². The summed E-state index contributed by atoms with van der Waals surface area (Å²) in [4.78, 5) is 0. The highest BCUT2D eigenvalue weighted by Gasteiger charge is 2.34. The summed E-state index contributed by atoms with van der Waals surface area (Å²) in [5.41, 5.74) is -0.302. The molecule has 5 heteroatoms. The molecule has 0 aliphatic rings. The standard InChI is InChI=1S/C15H10F3NO/c16-15(17,18)13-6-2-5-12(8-19)14(13)11-4-1-3-10(7-11)9-20/h1-7,20H,9H2. The van der Waals surface area contributed by atoms with Crippen LogP contribution in [-0.4, -0.2) is 5.11 Å². The highest BCUT2D eigenvalue weighted by molar-refractivity contribution is 5.75. The molecule has 102 valence electrons. The first-order chi connectivity index (χ1) is 9.47. The van der Waals surface area contributed by atoms with Gasteiger partial charge in [-0.25, -0.2) is 0 Å². The zero-order valence-corrected chi connectivity index (χ0v) is 10.3. The second-order valence-corrected chi connectivity index (χ2v) is 4.20. The van der Waals surface area contributed by atoms with Gasteiger partial charge >= 0.3 is 6.18 Å². The second kappa shape index (κ2) is 5.35. The molecular weight excluding hydrogens is 267 g/mol. The molecule has 0 radical (unpaired) electrons. The van der Waals surface area contributed by atoms with Crippen molar-refractivity contribution in [3.63, 3.8) is 0 Å². The van der Waals surface area contributed by atoms with Crippen molar-refractivity contribution in [3.8, 4) is 17.2 Å². The van der Waals surface area contributed by atoms with Crippen LogP contribution in [0.1, 0.15) is 16.7 Å². The van der Waals surface area contributed by atoms with E-state index < -0.39 is 11.7 Å². The topological polar surface area (TPSA) is 44.0 Å². The van der Waals surface area contributed by atoms with Crippen molar-refractivity contribution >= 4 is 0 Å². The molecule has 2 aromatic rings. The lowest BCUT2D eigenvalue weighted by molar-refractivity contribution is -0.137. The number of alkyl halides is 3. The van der Waals surface area contributed by atoms with Crippen LogP contribution in [0.2, 0.25) is 0 Å². The van der Waals surface area contributed by atoms with E-state index in [1.54, 1.807) is 18.2 Å². The summed E-state index contributed by atoms with van der Waals surface area (Å²) < 4.78 is 39.2. The summed E-state index contributed by atoms with van der Waals surface area (Å²) in [5, 5.41) is 18.1. The summed E-state index contributed by atoms with van der Waals surface area (Å²) in [7, 11) is 0. The first kappa shape index (κ1) is 14.1. The monoisotopic (exact) mass is 277 g/mol. The number of aliphatic hydroxyl groups excluding tert-OH is 1. The van der Waals surface area contributed by atoms with Crippen molar-refractivity contribution < 1.29 is 18.3 Å². The van der Waals surface area contributed by atoms with Gasteiger partial charge in [-0.2, -0.15) is 18.4 Å². The number of hydrogen-bond acceptors (Lipinski definition) is 2. The maximum atomic E-state index is 13.1. The fourth-order valence-electron chi connectivity index (χ4n) is 2.02. The molecule has 0 amide bonds. The van der Waals surface area contributed by atoms with Gasteiger partial charge in [-0.1, -0.05) is 24.3 Å². The van der Waals surface area contributed by atoms with Gasteiger partial charge in [-0.3, -0.25) is 0 Å². The van der Waals surface area contributed by atoms with E-state index in [4.69, 9.17) is 10.4 Å². The molecule has 2 rings (SSSR count). The third-order valence-electron chi connectivity index (χ3n) is 2.89. The normalized spacial score (nSPS) is 11.2. The lowest BCUT2D eigenvalue weighted by Gasteiger charge is -2.14. The molecule has 0 aliphatic heterocycles. The molecule has 0 unspecified atom stereocenters. The number of aliphatic hydroxyl groups is 1.